The number of hydrogen-bond donors (Lipinski definition) is 1. The van der Waals surface area contributed by atoms with Gasteiger partial charge in [0.1, 0.15) is 17.1 Å². The summed E-state index contributed by atoms with van der Waals surface area (Å²) < 4.78 is 64.1. The molecule has 0 saturated heterocycles. The molecule has 0 bridgehead atoms. The van der Waals surface area contributed by atoms with Crippen molar-refractivity contribution in [2.75, 3.05) is 11.9 Å². The van der Waals surface area contributed by atoms with Crippen molar-refractivity contribution in [1.82, 2.24) is 9.97 Å². The summed E-state index contributed by atoms with van der Waals surface area (Å²) in [5.41, 5.74) is -5.63. The van der Waals surface area contributed by atoms with Crippen molar-refractivity contribution in [1.29, 1.82) is 5.26 Å². The van der Waals surface area contributed by atoms with Crippen LogP contribution >= 0.6 is 11.6 Å². The maximum Gasteiger partial charge on any atom is 0.534 e. The molecule has 0 aliphatic rings. The van der Waals surface area contributed by atoms with Gasteiger partial charge in [-0.2, -0.15) is 26.9 Å². The van der Waals surface area contributed by atoms with Crippen LogP contribution in [0.3, 0.4) is 0 Å². The predicted molar refractivity (Wildman–Crippen MR) is 92.8 cm³/mol. The molecule has 2 heterocycles. The van der Waals surface area contributed by atoms with E-state index in [0.29, 0.717) is 6.54 Å². The number of nitrogens with one attached hydrogen (secondary N) is 1. The molecule has 27 heavy (non-hydrogen) atoms. The molecule has 2 aromatic rings. The first-order valence-electron chi connectivity index (χ1n) is 7.39. The normalized spacial score (nSPS) is 12.7. The summed E-state index contributed by atoms with van der Waals surface area (Å²) in [7, 11) is -5.93. The second kappa shape index (κ2) is 7.01. The van der Waals surface area contributed by atoms with Crippen molar-refractivity contribution in [3.05, 3.63) is 22.8 Å². The molecule has 0 radical (unpaired) electrons. The van der Waals surface area contributed by atoms with Gasteiger partial charge in [0.25, 0.3) is 0 Å². The molecule has 0 amide bonds. The average molecular weight is 423 g/mol. The van der Waals surface area contributed by atoms with Gasteiger partial charge in [-0.25, -0.2) is 4.98 Å². The number of nitrogens with zero attached hydrogens (tertiary/aromatic N) is 3. The van der Waals surface area contributed by atoms with Gasteiger partial charge in [-0.1, -0.05) is 32.4 Å². The molecule has 12 heteroatoms. The maximum atomic E-state index is 12.5. The van der Waals surface area contributed by atoms with Crippen LogP contribution in [-0.4, -0.2) is 30.4 Å². The average Bonchev–Trinajstić information content (AvgIpc) is 2.50. The molecule has 0 unspecified atom stereocenters. The van der Waals surface area contributed by atoms with Crippen molar-refractivity contribution < 1.29 is 25.8 Å². The third-order valence-corrected chi connectivity index (χ3v) is 4.39. The van der Waals surface area contributed by atoms with Crippen molar-refractivity contribution in [3.8, 4) is 11.9 Å². The first-order valence-corrected chi connectivity index (χ1v) is 9.18. The van der Waals surface area contributed by atoms with E-state index in [1.165, 1.54) is 6.20 Å². The van der Waals surface area contributed by atoms with Crippen LogP contribution in [0.15, 0.2) is 12.3 Å². The Labute approximate surface area is 158 Å². The smallest absolute Gasteiger partial charge is 0.382 e. The maximum absolute atomic E-state index is 12.5. The number of halogens is 4. The molecule has 0 fully saturated rings. The molecule has 0 aromatic carbocycles. The number of hydrogen-bond acceptors (Lipinski definition) is 7. The minimum Gasteiger partial charge on any atom is -0.382 e. The van der Waals surface area contributed by atoms with Crippen LogP contribution in [0.2, 0.25) is 5.02 Å². The summed E-state index contributed by atoms with van der Waals surface area (Å²) in [6.07, 6.45) is 1.23. The van der Waals surface area contributed by atoms with E-state index in [4.69, 9.17) is 11.6 Å². The summed E-state index contributed by atoms with van der Waals surface area (Å²) in [6.45, 7) is 6.13. The zero-order chi connectivity index (χ0) is 20.6. The number of aromatic nitrogens is 2. The first-order chi connectivity index (χ1) is 12.2. The van der Waals surface area contributed by atoms with Crippen molar-refractivity contribution in [3.63, 3.8) is 0 Å². The molecule has 7 nitrogen and oxygen atoms in total. The van der Waals surface area contributed by atoms with E-state index in [0.717, 1.165) is 6.07 Å². The number of rotatable bonds is 4. The Balaban J connectivity index is 2.64. The van der Waals surface area contributed by atoms with E-state index in [1.54, 1.807) is 0 Å². The van der Waals surface area contributed by atoms with Crippen molar-refractivity contribution in [2.45, 2.75) is 26.3 Å². The predicted octanol–water partition coefficient (Wildman–Crippen LogP) is 3.84. The summed E-state index contributed by atoms with van der Waals surface area (Å²) in [6, 6.07) is 2.69. The van der Waals surface area contributed by atoms with E-state index in [-0.39, 0.29) is 32.7 Å². The highest BCUT2D eigenvalue weighted by atomic mass is 35.5. The molecule has 0 aliphatic carbocycles. The lowest BCUT2D eigenvalue weighted by Gasteiger charge is -2.21. The summed E-state index contributed by atoms with van der Waals surface area (Å²) in [4.78, 5) is 7.74. The number of anilines is 1. The van der Waals surface area contributed by atoms with Gasteiger partial charge in [0.05, 0.1) is 16.3 Å². The molecule has 0 aliphatic heterocycles. The summed E-state index contributed by atoms with van der Waals surface area (Å²) in [5, 5.41) is 12.1. The van der Waals surface area contributed by atoms with Crippen LogP contribution in [0.5, 0.6) is 5.88 Å². The molecule has 2 rings (SSSR count). The zero-order valence-electron chi connectivity index (χ0n) is 14.3. The van der Waals surface area contributed by atoms with Gasteiger partial charge < -0.3 is 9.50 Å². The van der Waals surface area contributed by atoms with E-state index >= 15 is 0 Å². The molecular weight excluding hydrogens is 409 g/mol. The lowest BCUT2D eigenvalue weighted by Crippen LogP contribution is -2.28. The summed E-state index contributed by atoms with van der Waals surface area (Å²) in [5.74, 6) is -0.888. The van der Waals surface area contributed by atoms with Gasteiger partial charge >= 0.3 is 15.6 Å². The highest BCUT2D eigenvalue weighted by Crippen LogP contribution is 2.34. The first kappa shape index (κ1) is 21.0. The van der Waals surface area contributed by atoms with E-state index in [1.807, 2.05) is 26.8 Å². The zero-order valence-corrected chi connectivity index (χ0v) is 15.9. The highest BCUT2D eigenvalue weighted by Gasteiger charge is 2.49. The lowest BCUT2D eigenvalue weighted by molar-refractivity contribution is -0.0501. The van der Waals surface area contributed by atoms with E-state index in [2.05, 4.69) is 19.5 Å². The molecule has 0 spiro atoms. The van der Waals surface area contributed by atoms with Crippen LogP contribution < -0.4 is 9.50 Å². The van der Waals surface area contributed by atoms with Gasteiger partial charge in [-0.05, 0) is 5.41 Å². The number of pyridine rings is 2. The Kier molecular flexibility index (Phi) is 5.45. The third kappa shape index (κ3) is 4.70. The van der Waals surface area contributed by atoms with E-state index in [9.17, 15) is 26.9 Å². The lowest BCUT2D eigenvalue weighted by atomic mass is 9.96. The minimum absolute atomic E-state index is 0.0612. The van der Waals surface area contributed by atoms with Crippen molar-refractivity contribution in [2.24, 2.45) is 5.41 Å². The molecule has 0 atom stereocenters. The van der Waals surface area contributed by atoms with Crippen LogP contribution in [-0.2, 0) is 10.1 Å². The Hall–Kier alpha value is -2.32. The second-order valence-corrected chi connectivity index (χ2v) is 8.64. The Morgan fingerprint density at radius 3 is 2.44 bits per heavy atom. The highest BCUT2D eigenvalue weighted by molar-refractivity contribution is 7.87. The Bertz CT molecular complexity index is 1030. The fourth-order valence-corrected chi connectivity index (χ4v) is 2.56. The Morgan fingerprint density at radius 1 is 1.30 bits per heavy atom. The molecule has 2 aromatic heterocycles. The molecular formula is C15H14ClF3N4O3S. The Morgan fingerprint density at radius 2 is 1.93 bits per heavy atom. The summed E-state index contributed by atoms with van der Waals surface area (Å²) >= 11 is 5.99. The third-order valence-electron chi connectivity index (χ3n) is 3.15. The van der Waals surface area contributed by atoms with E-state index < -0.39 is 21.5 Å². The van der Waals surface area contributed by atoms with Gasteiger partial charge in [-0.3, -0.25) is 4.98 Å². The van der Waals surface area contributed by atoms with Crippen molar-refractivity contribution >= 4 is 38.4 Å². The minimum atomic E-state index is -5.93. The van der Waals surface area contributed by atoms with Gasteiger partial charge in [0.15, 0.2) is 0 Å². The topological polar surface area (TPSA) is 105 Å². The SMILES string of the molecule is CC(C)(C)CNc1c(C#N)cnc2c(Cl)cc(OS(=O)(=O)C(F)(F)F)nc12. The van der Waals surface area contributed by atoms with Gasteiger partial charge in [0, 0.05) is 18.8 Å². The number of fused-ring (bicyclic) bond motifs is 1. The second-order valence-electron chi connectivity index (χ2n) is 6.70. The number of alkyl halides is 3. The number of nitriles is 1. The molecule has 1 N–H and O–H groups in total. The quantitative estimate of drug-likeness (QED) is 0.589. The fourth-order valence-electron chi connectivity index (χ4n) is 1.92. The van der Waals surface area contributed by atoms with Crippen LogP contribution in [0.1, 0.15) is 26.3 Å². The van der Waals surface area contributed by atoms with Crippen LogP contribution in [0.25, 0.3) is 11.0 Å². The largest absolute Gasteiger partial charge is 0.534 e. The van der Waals surface area contributed by atoms with Crippen LogP contribution in [0, 0.1) is 16.7 Å². The van der Waals surface area contributed by atoms with Gasteiger partial charge in [-0.15, -0.1) is 0 Å². The van der Waals surface area contributed by atoms with Gasteiger partial charge in [0.2, 0.25) is 5.88 Å². The fraction of sp³-hybridized carbons (Fsp3) is 0.400. The van der Waals surface area contributed by atoms with Crippen LogP contribution in [0.4, 0.5) is 18.9 Å². The monoisotopic (exact) mass is 422 g/mol. The molecule has 0 saturated carbocycles. The standard InChI is InChI=1S/C15H14ClF3N4O3S/c1-14(2,3)7-22-11-8(5-20)6-21-12-9(16)4-10(23-13(11)12)26-27(24,25)15(17,18)19/h4,6H,7H2,1-3H3,(H,21,22). The molecule has 146 valence electrons.